The summed E-state index contributed by atoms with van der Waals surface area (Å²) in [5, 5.41) is 17.6. The number of carbonyl (C=O) groups is 4. The molecule has 176 valence electrons. The average Bonchev–Trinajstić information content (AvgIpc) is 2.69. The van der Waals surface area contributed by atoms with Gasteiger partial charge in [0.05, 0.1) is 11.4 Å². The van der Waals surface area contributed by atoms with Gasteiger partial charge >= 0.3 is 12.0 Å². The third-order valence-corrected chi connectivity index (χ3v) is 5.37. The van der Waals surface area contributed by atoms with Gasteiger partial charge in [-0.3, -0.25) is 14.5 Å². The van der Waals surface area contributed by atoms with Crippen LogP contribution < -0.4 is 20.9 Å². The smallest absolute Gasteiger partial charge is 0.326 e. The number of nitrogens with one attached hydrogen (secondary N) is 3. The molecule has 0 fully saturated rings. The molecule has 1 aromatic carbocycles. The van der Waals surface area contributed by atoms with Gasteiger partial charge < -0.3 is 21.1 Å². The Hall–Kier alpha value is -3.10. The van der Waals surface area contributed by atoms with Crippen molar-refractivity contribution in [2.75, 3.05) is 10.2 Å². The number of rotatable bonds is 8. The highest BCUT2D eigenvalue weighted by Gasteiger charge is 2.40. The summed E-state index contributed by atoms with van der Waals surface area (Å²) in [6, 6.07) is 3.60. The summed E-state index contributed by atoms with van der Waals surface area (Å²) < 4.78 is 0. The molecule has 0 unspecified atom stereocenters. The van der Waals surface area contributed by atoms with Gasteiger partial charge in [-0.2, -0.15) is 0 Å². The zero-order valence-corrected chi connectivity index (χ0v) is 19.5. The summed E-state index contributed by atoms with van der Waals surface area (Å²) in [7, 11) is 0. The molecule has 4 N–H and O–H groups in total. The number of amides is 4. The van der Waals surface area contributed by atoms with Crippen molar-refractivity contribution in [2.24, 2.45) is 17.8 Å². The van der Waals surface area contributed by atoms with Gasteiger partial charge in [-0.1, -0.05) is 53.7 Å². The monoisotopic (exact) mass is 446 g/mol. The lowest BCUT2D eigenvalue weighted by molar-refractivity contribution is -0.142. The summed E-state index contributed by atoms with van der Waals surface area (Å²) in [6.07, 6.45) is 0.273. The number of carboxylic acid groups (broad SMARTS) is 1. The van der Waals surface area contributed by atoms with Crippen molar-refractivity contribution in [3.63, 3.8) is 0 Å². The number of fused-ring (bicyclic) bond motifs is 1. The Kier molecular flexibility index (Phi) is 8.24. The molecule has 1 aliphatic rings. The number of benzene rings is 1. The Labute approximate surface area is 188 Å². The van der Waals surface area contributed by atoms with Crippen LogP contribution in [-0.4, -0.2) is 47.0 Å². The number of urea groups is 1. The van der Waals surface area contributed by atoms with Gasteiger partial charge in [0.15, 0.2) is 0 Å². The summed E-state index contributed by atoms with van der Waals surface area (Å²) in [5.74, 6) is -2.41. The SMILES string of the molecule is CC(C)C[C@H](NC(=O)[C@H](NC(=O)N1c2ccccc2NC(=O)[C@H]1C(C)C)C(C)C)C(=O)O. The molecule has 0 bridgehead atoms. The van der Waals surface area contributed by atoms with Crippen LogP contribution in [0.2, 0.25) is 0 Å². The molecule has 0 saturated carbocycles. The molecule has 4 amide bonds. The van der Waals surface area contributed by atoms with Crippen molar-refractivity contribution < 1.29 is 24.3 Å². The lowest BCUT2D eigenvalue weighted by Crippen LogP contribution is -2.61. The fraction of sp³-hybridized carbons (Fsp3) is 0.565. The quantitative estimate of drug-likeness (QED) is 0.488. The van der Waals surface area contributed by atoms with Gasteiger partial charge in [-0.25, -0.2) is 9.59 Å². The average molecular weight is 447 g/mol. The Morgan fingerprint density at radius 1 is 1.06 bits per heavy atom. The number of anilines is 2. The molecular weight excluding hydrogens is 412 g/mol. The fourth-order valence-corrected chi connectivity index (χ4v) is 3.79. The van der Waals surface area contributed by atoms with E-state index in [1.807, 2.05) is 27.7 Å². The molecule has 32 heavy (non-hydrogen) atoms. The van der Waals surface area contributed by atoms with Crippen molar-refractivity contribution >= 4 is 35.2 Å². The lowest BCUT2D eigenvalue weighted by atomic mass is 9.97. The maximum Gasteiger partial charge on any atom is 0.326 e. The molecule has 0 radical (unpaired) electrons. The number of hydrogen-bond donors (Lipinski definition) is 4. The van der Waals surface area contributed by atoms with Crippen LogP contribution in [0, 0.1) is 17.8 Å². The van der Waals surface area contributed by atoms with Crippen LogP contribution in [0.4, 0.5) is 16.2 Å². The minimum atomic E-state index is -1.12. The molecule has 2 rings (SSSR count). The Balaban J connectivity index is 2.30. The summed E-state index contributed by atoms with van der Waals surface area (Å²) in [6.45, 7) is 10.9. The highest BCUT2D eigenvalue weighted by Crippen LogP contribution is 2.34. The Morgan fingerprint density at radius 2 is 1.69 bits per heavy atom. The molecule has 1 heterocycles. The Morgan fingerprint density at radius 3 is 2.22 bits per heavy atom. The summed E-state index contributed by atoms with van der Waals surface area (Å²) in [5.41, 5.74) is 1.05. The second-order valence-electron chi connectivity index (χ2n) is 9.27. The number of carboxylic acids is 1. The predicted molar refractivity (Wildman–Crippen MR) is 122 cm³/mol. The largest absolute Gasteiger partial charge is 0.480 e. The zero-order valence-electron chi connectivity index (χ0n) is 19.5. The van der Waals surface area contributed by atoms with E-state index in [9.17, 15) is 24.3 Å². The van der Waals surface area contributed by atoms with E-state index in [1.165, 1.54) is 4.90 Å². The standard InChI is InChI=1S/C23H34N4O5/c1-12(2)11-16(22(30)31)25-20(28)18(13(3)4)26-23(32)27-17-10-8-7-9-15(17)24-21(29)19(27)14(5)6/h7-10,12-14,16,18-19H,11H2,1-6H3,(H,24,29)(H,25,28)(H,26,32)(H,30,31)/t16-,18+,19+/m0/s1. The van der Waals surface area contributed by atoms with Crippen LogP contribution in [0.3, 0.4) is 0 Å². The number of nitrogens with zero attached hydrogens (tertiary/aromatic N) is 1. The first-order valence-electron chi connectivity index (χ1n) is 11.0. The van der Waals surface area contributed by atoms with Crippen LogP contribution in [0.15, 0.2) is 24.3 Å². The Bertz CT molecular complexity index is 868. The van der Waals surface area contributed by atoms with Crippen molar-refractivity contribution in [1.82, 2.24) is 10.6 Å². The van der Waals surface area contributed by atoms with E-state index in [0.29, 0.717) is 11.4 Å². The second-order valence-corrected chi connectivity index (χ2v) is 9.27. The number of aliphatic carboxylic acids is 1. The van der Waals surface area contributed by atoms with Crippen LogP contribution in [-0.2, 0) is 14.4 Å². The minimum absolute atomic E-state index is 0.0682. The fourth-order valence-electron chi connectivity index (χ4n) is 3.79. The van der Waals surface area contributed by atoms with Gasteiger partial charge in [0.25, 0.3) is 0 Å². The van der Waals surface area contributed by atoms with E-state index in [0.717, 1.165) is 0 Å². The molecule has 0 saturated heterocycles. The molecule has 0 spiro atoms. The molecule has 1 aromatic rings. The van der Waals surface area contributed by atoms with Gasteiger partial charge in [0.2, 0.25) is 11.8 Å². The third kappa shape index (κ3) is 5.77. The number of hydrogen-bond acceptors (Lipinski definition) is 4. The molecule has 0 aliphatic carbocycles. The van der Waals surface area contributed by atoms with Crippen molar-refractivity contribution in [3.05, 3.63) is 24.3 Å². The van der Waals surface area contributed by atoms with E-state index >= 15 is 0 Å². The second kappa shape index (κ2) is 10.5. The topological polar surface area (TPSA) is 128 Å². The first-order valence-corrected chi connectivity index (χ1v) is 11.0. The minimum Gasteiger partial charge on any atom is -0.480 e. The van der Waals surface area contributed by atoms with Crippen LogP contribution in [0.5, 0.6) is 0 Å². The van der Waals surface area contributed by atoms with Crippen LogP contribution >= 0.6 is 0 Å². The van der Waals surface area contributed by atoms with E-state index in [1.54, 1.807) is 38.1 Å². The maximum absolute atomic E-state index is 13.4. The van der Waals surface area contributed by atoms with Crippen LogP contribution in [0.1, 0.15) is 48.0 Å². The number of carbonyl (C=O) groups excluding carboxylic acids is 3. The molecule has 1 aliphatic heterocycles. The van der Waals surface area contributed by atoms with Gasteiger partial charge in [0.1, 0.15) is 18.1 Å². The van der Waals surface area contributed by atoms with Gasteiger partial charge in [0, 0.05) is 0 Å². The first-order chi connectivity index (χ1) is 14.9. The predicted octanol–water partition coefficient (Wildman–Crippen LogP) is 2.82. The van der Waals surface area contributed by atoms with Crippen molar-refractivity contribution in [3.8, 4) is 0 Å². The van der Waals surface area contributed by atoms with E-state index < -0.39 is 36.0 Å². The third-order valence-electron chi connectivity index (χ3n) is 5.37. The van der Waals surface area contributed by atoms with E-state index in [2.05, 4.69) is 16.0 Å². The molecule has 3 atom stereocenters. The van der Waals surface area contributed by atoms with Gasteiger partial charge in [-0.05, 0) is 36.3 Å². The molecule has 0 aromatic heterocycles. The molecule has 9 heteroatoms. The normalized spacial score (nSPS) is 17.6. The molecular formula is C23H34N4O5. The van der Waals surface area contributed by atoms with Crippen molar-refractivity contribution in [1.29, 1.82) is 0 Å². The summed E-state index contributed by atoms with van der Waals surface area (Å²) >= 11 is 0. The molecule has 9 nitrogen and oxygen atoms in total. The summed E-state index contributed by atoms with van der Waals surface area (Å²) in [4.78, 5) is 52.0. The maximum atomic E-state index is 13.4. The highest BCUT2D eigenvalue weighted by molar-refractivity contribution is 6.12. The first kappa shape index (κ1) is 25.2. The van der Waals surface area contributed by atoms with Crippen LogP contribution in [0.25, 0.3) is 0 Å². The van der Waals surface area contributed by atoms with E-state index in [-0.39, 0.29) is 30.1 Å². The van der Waals surface area contributed by atoms with Gasteiger partial charge in [-0.15, -0.1) is 0 Å². The lowest BCUT2D eigenvalue weighted by Gasteiger charge is -2.39. The number of para-hydroxylation sites is 2. The van der Waals surface area contributed by atoms with E-state index in [4.69, 9.17) is 0 Å². The zero-order chi connectivity index (χ0) is 24.2. The van der Waals surface area contributed by atoms with Crippen molar-refractivity contribution in [2.45, 2.75) is 66.1 Å². The highest BCUT2D eigenvalue weighted by atomic mass is 16.4.